The van der Waals surface area contributed by atoms with Crippen molar-refractivity contribution in [1.82, 2.24) is 0 Å². The van der Waals surface area contributed by atoms with Crippen LogP contribution in [0.5, 0.6) is 11.5 Å². The number of methoxy groups -OCH3 is 1. The summed E-state index contributed by atoms with van der Waals surface area (Å²) in [5, 5.41) is 10.6. The van der Waals surface area contributed by atoms with Gasteiger partial charge in [-0.15, -0.1) is 0 Å². The maximum absolute atomic E-state index is 14.3. The average molecular weight is 504 g/mol. The van der Waals surface area contributed by atoms with E-state index in [0.29, 0.717) is 36.6 Å². The van der Waals surface area contributed by atoms with Gasteiger partial charge >= 0.3 is 0 Å². The second-order valence-corrected chi connectivity index (χ2v) is 9.12. The summed E-state index contributed by atoms with van der Waals surface area (Å²) in [6.45, 7) is 2.58. The second-order valence-electron chi connectivity index (χ2n) is 9.12. The fourth-order valence-corrected chi connectivity index (χ4v) is 4.55. The van der Waals surface area contributed by atoms with Gasteiger partial charge in [-0.25, -0.2) is 18.8 Å². The number of hydrogen-bond donors (Lipinski definition) is 1. The van der Waals surface area contributed by atoms with Crippen molar-refractivity contribution in [2.24, 2.45) is 15.0 Å². The number of allylic oxidation sites excluding steroid dienone is 4. The minimum absolute atomic E-state index is 0.0265. The molecule has 1 unspecified atom stereocenters. The Bertz CT molecular complexity index is 1420. The molecule has 0 radical (unpaired) electrons. The molecule has 37 heavy (non-hydrogen) atoms. The number of hydrogen-bond acceptors (Lipinski definition) is 6. The lowest BCUT2D eigenvalue weighted by molar-refractivity contribution is 0.203. The first-order valence-corrected chi connectivity index (χ1v) is 12.2. The number of phenols is 1. The second kappa shape index (κ2) is 10.5. The molecular weight excluding hydrogens is 476 g/mol. The Hall–Kier alpha value is -4.07. The Kier molecular flexibility index (Phi) is 6.99. The molecule has 3 aliphatic heterocycles. The fourth-order valence-electron chi connectivity index (χ4n) is 4.55. The Morgan fingerprint density at radius 3 is 2.81 bits per heavy atom. The minimum Gasteiger partial charge on any atom is -0.507 e. The van der Waals surface area contributed by atoms with Gasteiger partial charge in [0.25, 0.3) is 0 Å². The van der Waals surface area contributed by atoms with Crippen molar-refractivity contribution in [3.8, 4) is 11.5 Å². The standard InChI is InChI=1S/C29H27F2N3O3/c1-17-11-12-37-20(14-23(17)21-10-9-19(36-2)15-27(21)35)13-18-5-3-8-25-26(16-32-18)34-29(33-25)22-6-4-7-24(30)28(22)31/h4,6-10,14-16,18,35H,3,5,11-13H2,1-2H3. The van der Waals surface area contributed by atoms with Gasteiger partial charge in [0.15, 0.2) is 17.5 Å². The van der Waals surface area contributed by atoms with Crippen LogP contribution < -0.4 is 4.74 Å². The molecule has 5 rings (SSSR count). The number of halogens is 2. The van der Waals surface area contributed by atoms with E-state index in [1.54, 1.807) is 19.4 Å². The van der Waals surface area contributed by atoms with Gasteiger partial charge in [-0.1, -0.05) is 17.7 Å². The molecule has 2 aromatic rings. The van der Waals surface area contributed by atoms with Crippen molar-refractivity contribution in [2.45, 2.75) is 38.6 Å². The molecule has 0 saturated carbocycles. The Morgan fingerprint density at radius 1 is 1.14 bits per heavy atom. The normalized spacial score (nSPS) is 19.5. The highest BCUT2D eigenvalue weighted by Gasteiger charge is 2.23. The van der Waals surface area contributed by atoms with E-state index >= 15 is 0 Å². The summed E-state index contributed by atoms with van der Waals surface area (Å²) >= 11 is 0. The number of phenolic OH excluding ortho intramolecular Hbond substituents is 1. The summed E-state index contributed by atoms with van der Waals surface area (Å²) < 4.78 is 39.2. The highest BCUT2D eigenvalue weighted by Crippen LogP contribution is 2.35. The first kappa shape index (κ1) is 24.6. The third kappa shape index (κ3) is 5.23. The predicted molar refractivity (Wildman–Crippen MR) is 140 cm³/mol. The zero-order valence-corrected chi connectivity index (χ0v) is 20.7. The number of nitrogens with zero attached hydrogens (tertiary/aromatic N) is 3. The maximum atomic E-state index is 14.3. The lowest BCUT2D eigenvalue weighted by atomic mass is 9.96. The highest BCUT2D eigenvalue weighted by molar-refractivity contribution is 6.43. The Labute approximate surface area is 214 Å². The van der Waals surface area contributed by atoms with E-state index in [2.05, 4.69) is 9.98 Å². The van der Waals surface area contributed by atoms with Crippen LogP contribution in [-0.2, 0) is 4.74 Å². The summed E-state index contributed by atoms with van der Waals surface area (Å²) in [6.07, 6.45) is 8.38. The minimum atomic E-state index is -0.963. The van der Waals surface area contributed by atoms with Crippen molar-refractivity contribution < 1.29 is 23.4 Å². The molecule has 2 aromatic carbocycles. The number of ether oxygens (including phenoxy) is 2. The summed E-state index contributed by atoms with van der Waals surface area (Å²) in [4.78, 5) is 13.6. The van der Waals surface area contributed by atoms with Gasteiger partial charge in [0.05, 0.1) is 36.8 Å². The molecule has 3 aliphatic rings. The van der Waals surface area contributed by atoms with Crippen molar-refractivity contribution >= 4 is 23.3 Å². The van der Waals surface area contributed by atoms with Crippen molar-refractivity contribution in [3.05, 3.63) is 88.3 Å². The zero-order chi connectivity index (χ0) is 25.9. The summed E-state index contributed by atoms with van der Waals surface area (Å²) in [5.74, 6) is -0.223. The SMILES string of the molecule is COc1ccc(C2=C(C)CCOC(CC3CCC=C4N=C(c5cccc(F)c5F)N=C4C=N3)=C2)c(O)c1. The van der Waals surface area contributed by atoms with Gasteiger partial charge in [-0.3, -0.25) is 4.99 Å². The van der Waals surface area contributed by atoms with E-state index in [-0.39, 0.29) is 23.2 Å². The molecule has 1 atom stereocenters. The van der Waals surface area contributed by atoms with Gasteiger partial charge in [0.2, 0.25) is 0 Å². The van der Waals surface area contributed by atoms with Crippen LogP contribution in [0.25, 0.3) is 5.57 Å². The van der Waals surface area contributed by atoms with Gasteiger partial charge in [-0.2, -0.15) is 0 Å². The predicted octanol–water partition coefficient (Wildman–Crippen LogP) is 6.17. The van der Waals surface area contributed by atoms with Crippen LogP contribution in [0.2, 0.25) is 0 Å². The quantitative estimate of drug-likeness (QED) is 0.531. The van der Waals surface area contributed by atoms with Crippen LogP contribution in [0.1, 0.15) is 43.7 Å². The highest BCUT2D eigenvalue weighted by atomic mass is 19.2. The maximum Gasteiger partial charge on any atom is 0.169 e. The topological polar surface area (TPSA) is 75.8 Å². The molecule has 3 heterocycles. The van der Waals surface area contributed by atoms with E-state index < -0.39 is 11.6 Å². The van der Waals surface area contributed by atoms with E-state index in [1.807, 2.05) is 31.2 Å². The van der Waals surface area contributed by atoms with Crippen LogP contribution in [0.15, 0.2) is 80.6 Å². The fraction of sp³-hybridized carbons (Fsp3) is 0.276. The number of benzene rings is 2. The third-order valence-electron chi connectivity index (χ3n) is 6.61. The van der Waals surface area contributed by atoms with Gasteiger partial charge in [-0.05, 0) is 55.7 Å². The summed E-state index contributed by atoms with van der Waals surface area (Å²) in [6, 6.07) is 9.18. The van der Waals surface area contributed by atoms with Crippen LogP contribution in [0, 0.1) is 11.6 Å². The molecule has 1 N–H and O–H groups in total. The molecule has 0 bridgehead atoms. The molecule has 8 heteroatoms. The van der Waals surface area contributed by atoms with E-state index in [4.69, 9.17) is 14.5 Å². The smallest absolute Gasteiger partial charge is 0.169 e. The Morgan fingerprint density at radius 2 is 2.00 bits per heavy atom. The van der Waals surface area contributed by atoms with E-state index in [9.17, 15) is 13.9 Å². The van der Waals surface area contributed by atoms with Crippen molar-refractivity contribution in [2.75, 3.05) is 13.7 Å². The van der Waals surface area contributed by atoms with Crippen LogP contribution in [0.3, 0.4) is 0 Å². The first-order chi connectivity index (χ1) is 17.9. The van der Waals surface area contributed by atoms with Crippen LogP contribution in [0.4, 0.5) is 8.78 Å². The van der Waals surface area contributed by atoms with Gasteiger partial charge in [0.1, 0.15) is 17.2 Å². The lowest BCUT2D eigenvalue weighted by Gasteiger charge is -2.16. The molecule has 0 spiro atoms. The average Bonchev–Trinajstić information content (AvgIpc) is 3.17. The van der Waals surface area contributed by atoms with Crippen molar-refractivity contribution in [3.63, 3.8) is 0 Å². The molecule has 6 nitrogen and oxygen atoms in total. The van der Waals surface area contributed by atoms with Gasteiger partial charge < -0.3 is 14.6 Å². The third-order valence-corrected chi connectivity index (χ3v) is 6.61. The number of rotatable bonds is 5. The van der Waals surface area contributed by atoms with Crippen LogP contribution >= 0.6 is 0 Å². The monoisotopic (exact) mass is 503 g/mol. The molecule has 0 aromatic heterocycles. The molecular formula is C29H27F2N3O3. The Balaban J connectivity index is 1.36. The number of amidine groups is 1. The van der Waals surface area contributed by atoms with Crippen molar-refractivity contribution in [1.29, 1.82) is 0 Å². The largest absolute Gasteiger partial charge is 0.507 e. The number of aromatic hydroxyl groups is 1. The molecule has 190 valence electrons. The number of fused-ring (bicyclic) bond motifs is 1. The van der Waals surface area contributed by atoms with Crippen LogP contribution in [-0.4, -0.2) is 42.6 Å². The summed E-state index contributed by atoms with van der Waals surface area (Å²) in [5.41, 5.74) is 3.95. The first-order valence-electron chi connectivity index (χ1n) is 12.2. The van der Waals surface area contributed by atoms with E-state index in [1.165, 1.54) is 12.1 Å². The number of aliphatic imine (C=N–C) groups is 3. The molecule has 0 amide bonds. The summed E-state index contributed by atoms with van der Waals surface area (Å²) in [7, 11) is 1.56. The van der Waals surface area contributed by atoms with Gasteiger partial charge in [0, 0.05) is 30.7 Å². The molecule has 0 aliphatic carbocycles. The lowest BCUT2D eigenvalue weighted by Crippen LogP contribution is -2.13. The molecule has 0 saturated heterocycles. The zero-order valence-electron chi connectivity index (χ0n) is 20.7. The van der Waals surface area contributed by atoms with E-state index in [0.717, 1.165) is 41.4 Å². The molecule has 0 fully saturated rings.